The normalized spacial score (nSPS) is 12.3. The van der Waals surface area contributed by atoms with E-state index in [4.69, 9.17) is 0 Å². The fourth-order valence-corrected chi connectivity index (χ4v) is 3.21. The summed E-state index contributed by atoms with van der Waals surface area (Å²) < 4.78 is 40.4. The minimum absolute atomic E-state index is 0.285. The van der Waals surface area contributed by atoms with E-state index in [1.165, 1.54) is 6.07 Å². The molecule has 0 fully saturated rings. The van der Waals surface area contributed by atoms with Crippen LogP contribution in [0.5, 0.6) is 0 Å². The summed E-state index contributed by atoms with van der Waals surface area (Å²) in [5, 5.41) is 6.34. The molecule has 0 aliphatic heterocycles. The Morgan fingerprint density at radius 2 is 1.67 bits per heavy atom. The minimum atomic E-state index is -4.37. The molecule has 6 heteroatoms. The summed E-state index contributed by atoms with van der Waals surface area (Å²) in [5.74, 6) is 0. The third-order valence-electron chi connectivity index (χ3n) is 4.53. The van der Waals surface area contributed by atoms with Crippen molar-refractivity contribution in [2.24, 2.45) is 12.1 Å². The second-order valence-corrected chi connectivity index (χ2v) is 6.30. The van der Waals surface area contributed by atoms with Crippen molar-refractivity contribution in [3.8, 4) is 0 Å². The zero-order valence-corrected chi connectivity index (χ0v) is 14.5. The highest BCUT2D eigenvalue weighted by Gasteiger charge is 2.30. The number of alkyl halides is 3. The van der Waals surface area contributed by atoms with Crippen LogP contribution >= 0.6 is 0 Å². The SMILES string of the molecule is Cn1c2ccccc2c2cc(C=NNc3cccc(C(F)(F)F)c3)ccc21. The molecule has 4 aromatic rings. The molecule has 0 atom stereocenters. The van der Waals surface area contributed by atoms with Gasteiger partial charge in [0.2, 0.25) is 0 Å². The summed E-state index contributed by atoms with van der Waals surface area (Å²) in [7, 11) is 2.02. The molecule has 1 heterocycles. The Bertz CT molecular complexity index is 1160. The van der Waals surface area contributed by atoms with Gasteiger partial charge in [-0.25, -0.2) is 0 Å². The molecular weight excluding hydrogens is 351 g/mol. The molecule has 0 aliphatic rings. The van der Waals surface area contributed by atoms with Crippen molar-refractivity contribution in [1.29, 1.82) is 0 Å². The molecule has 136 valence electrons. The number of hydrogen-bond donors (Lipinski definition) is 1. The summed E-state index contributed by atoms with van der Waals surface area (Å²) in [6, 6.07) is 19.1. The van der Waals surface area contributed by atoms with Gasteiger partial charge in [0.15, 0.2) is 0 Å². The average Bonchev–Trinajstić information content (AvgIpc) is 2.94. The quantitative estimate of drug-likeness (QED) is 0.360. The molecule has 1 N–H and O–H groups in total. The predicted octanol–water partition coefficient (Wildman–Crippen LogP) is 5.80. The van der Waals surface area contributed by atoms with Crippen molar-refractivity contribution in [3.05, 3.63) is 77.9 Å². The Morgan fingerprint density at radius 1 is 0.889 bits per heavy atom. The number of hydrogen-bond acceptors (Lipinski definition) is 2. The molecule has 0 unspecified atom stereocenters. The first kappa shape index (κ1) is 17.1. The van der Waals surface area contributed by atoms with Gasteiger partial charge in [0, 0.05) is 28.9 Å². The fraction of sp³-hybridized carbons (Fsp3) is 0.0952. The van der Waals surface area contributed by atoms with E-state index in [9.17, 15) is 13.2 Å². The van der Waals surface area contributed by atoms with Crippen LogP contribution in [0.25, 0.3) is 21.8 Å². The van der Waals surface area contributed by atoms with Crippen LogP contribution in [0.3, 0.4) is 0 Å². The highest BCUT2D eigenvalue weighted by molar-refractivity contribution is 6.09. The Kier molecular flexibility index (Phi) is 4.11. The van der Waals surface area contributed by atoms with Crippen LogP contribution < -0.4 is 5.43 Å². The smallest absolute Gasteiger partial charge is 0.344 e. The van der Waals surface area contributed by atoms with Gasteiger partial charge in [0.1, 0.15) is 0 Å². The van der Waals surface area contributed by atoms with Crippen molar-refractivity contribution in [1.82, 2.24) is 4.57 Å². The molecule has 3 nitrogen and oxygen atoms in total. The maximum absolute atomic E-state index is 12.8. The molecule has 0 saturated heterocycles. The number of nitrogens with zero attached hydrogens (tertiary/aromatic N) is 2. The standard InChI is InChI=1S/C21H16F3N3/c1-27-19-8-3-2-7-17(19)18-11-14(9-10-20(18)27)13-25-26-16-6-4-5-15(12-16)21(22,23)24/h2-13,26H,1H3. The Labute approximate surface area is 153 Å². The first-order chi connectivity index (χ1) is 12.9. The number of halogens is 3. The molecule has 0 saturated carbocycles. The molecule has 27 heavy (non-hydrogen) atoms. The molecule has 4 rings (SSSR count). The minimum Gasteiger partial charge on any atom is -0.344 e. The van der Waals surface area contributed by atoms with Crippen LogP contribution in [0.1, 0.15) is 11.1 Å². The van der Waals surface area contributed by atoms with Crippen molar-refractivity contribution >= 4 is 33.7 Å². The highest BCUT2D eigenvalue weighted by atomic mass is 19.4. The lowest BCUT2D eigenvalue weighted by atomic mass is 10.1. The summed E-state index contributed by atoms with van der Waals surface area (Å²) in [5.41, 5.74) is 5.35. The van der Waals surface area contributed by atoms with Crippen LogP contribution in [0, 0.1) is 0 Å². The number of para-hydroxylation sites is 1. The molecule has 0 radical (unpaired) electrons. The summed E-state index contributed by atoms with van der Waals surface area (Å²) in [4.78, 5) is 0. The van der Waals surface area contributed by atoms with E-state index in [1.807, 2.05) is 37.4 Å². The first-order valence-corrected chi connectivity index (χ1v) is 8.37. The van der Waals surface area contributed by atoms with Gasteiger partial charge in [-0.05, 0) is 42.0 Å². The third kappa shape index (κ3) is 3.26. The number of hydrazone groups is 1. The monoisotopic (exact) mass is 367 g/mol. The van der Waals surface area contributed by atoms with Gasteiger partial charge in [-0.15, -0.1) is 0 Å². The van der Waals surface area contributed by atoms with Gasteiger partial charge in [-0.2, -0.15) is 18.3 Å². The van der Waals surface area contributed by atoms with Crippen LogP contribution in [0.15, 0.2) is 71.8 Å². The van der Waals surface area contributed by atoms with Gasteiger partial charge >= 0.3 is 6.18 Å². The molecular formula is C21H16F3N3. The van der Waals surface area contributed by atoms with Crippen LogP contribution in [0.2, 0.25) is 0 Å². The lowest BCUT2D eigenvalue weighted by molar-refractivity contribution is -0.137. The van der Waals surface area contributed by atoms with Crippen molar-refractivity contribution in [2.45, 2.75) is 6.18 Å². The first-order valence-electron chi connectivity index (χ1n) is 8.37. The van der Waals surface area contributed by atoms with E-state index in [1.54, 1.807) is 12.3 Å². The number of fused-ring (bicyclic) bond motifs is 3. The maximum atomic E-state index is 12.8. The van der Waals surface area contributed by atoms with Gasteiger partial charge in [-0.1, -0.05) is 30.3 Å². The van der Waals surface area contributed by atoms with E-state index >= 15 is 0 Å². The zero-order chi connectivity index (χ0) is 19.0. The van der Waals surface area contributed by atoms with Gasteiger partial charge in [0.05, 0.1) is 17.5 Å². The van der Waals surface area contributed by atoms with E-state index in [-0.39, 0.29) is 5.69 Å². The summed E-state index contributed by atoms with van der Waals surface area (Å²) >= 11 is 0. The lowest BCUT2D eigenvalue weighted by Crippen LogP contribution is -2.05. The lowest BCUT2D eigenvalue weighted by Gasteiger charge is -2.08. The number of benzene rings is 3. The van der Waals surface area contributed by atoms with E-state index in [2.05, 4.69) is 27.2 Å². The second kappa shape index (κ2) is 6.46. The van der Waals surface area contributed by atoms with E-state index < -0.39 is 11.7 Å². The third-order valence-corrected chi connectivity index (χ3v) is 4.53. The topological polar surface area (TPSA) is 29.3 Å². The maximum Gasteiger partial charge on any atom is 0.416 e. The molecule has 0 aliphatic carbocycles. The van der Waals surface area contributed by atoms with Crippen LogP contribution in [-0.2, 0) is 13.2 Å². The summed E-state index contributed by atoms with van der Waals surface area (Å²) in [6.45, 7) is 0. The highest BCUT2D eigenvalue weighted by Crippen LogP contribution is 2.31. The van der Waals surface area contributed by atoms with Crippen molar-refractivity contribution in [3.63, 3.8) is 0 Å². The van der Waals surface area contributed by atoms with Gasteiger partial charge in [-0.3, -0.25) is 5.43 Å². The molecule has 0 bridgehead atoms. The number of rotatable bonds is 3. The van der Waals surface area contributed by atoms with Crippen molar-refractivity contribution in [2.75, 3.05) is 5.43 Å². The zero-order valence-electron chi connectivity index (χ0n) is 14.5. The number of nitrogens with one attached hydrogen (secondary N) is 1. The predicted molar refractivity (Wildman–Crippen MR) is 103 cm³/mol. The van der Waals surface area contributed by atoms with Crippen LogP contribution in [-0.4, -0.2) is 10.8 Å². The fourth-order valence-electron chi connectivity index (χ4n) is 3.21. The van der Waals surface area contributed by atoms with Crippen molar-refractivity contribution < 1.29 is 13.2 Å². The summed E-state index contributed by atoms with van der Waals surface area (Å²) in [6.07, 6.45) is -2.78. The average molecular weight is 367 g/mol. The molecule has 1 aromatic heterocycles. The second-order valence-electron chi connectivity index (χ2n) is 6.30. The largest absolute Gasteiger partial charge is 0.416 e. The van der Waals surface area contributed by atoms with E-state index in [0.717, 1.165) is 39.5 Å². The Morgan fingerprint density at radius 3 is 2.48 bits per heavy atom. The number of aromatic nitrogens is 1. The van der Waals surface area contributed by atoms with E-state index in [0.29, 0.717) is 0 Å². The van der Waals surface area contributed by atoms with Gasteiger partial charge < -0.3 is 4.57 Å². The van der Waals surface area contributed by atoms with Crippen LogP contribution in [0.4, 0.5) is 18.9 Å². The Balaban J connectivity index is 1.61. The number of aryl methyl sites for hydroxylation is 1. The van der Waals surface area contributed by atoms with Gasteiger partial charge in [0.25, 0.3) is 0 Å². The molecule has 0 spiro atoms. The molecule has 3 aromatic carbocycles. The number of anilines is 1. The molecule has 0 amide bonds. The Hall–Kier alpha value is -3.28.